The molecular formula is C12H16N2O. The number of likely N-dealkylation sites (tertiary alicyclic amines) is 1. The van der Waals surface area contributed by atoms with Crippen molar-refractivity contribution in [1.82, 2.24) is 4.90 Å². The zero-order chi connectivity index (χ0) is 10.7. The Morgan fingerprint density at radius 3 is 2.60 bits per heavy atom. The van der Waals surface area contributed by atoms with Gasteiger partial charge in [0.1, 0.15) is 0 Å². The van der Waals surface area contributed by atoms with Crippen molar-refractivity contribution in [2.75, 3.05) is 13.1 Å². The fraction of sp³-hybridized carbons (Fsp3) is 0.417. The number of amides is 1. The number of benzene rings is 1. The van der Waals surface area contributed by atoms with Crippen LogP contribution in [0.5, 0.6) is 0 Å². The van der Waals surface area contributed by atoms with Crippen LogP contribution in [0, 0.1) is 0 Å². The zero-order valence-electron chi connectivity index (χ0n) is 8.78. The fourth-order valence-electron chi connectivity index (χ4n) is 2.08. The quantitative estimate of drug-likeness (QED) is 0.808. The molecule has 0 saturated carbocycles. The highest BCUT2D eigenvalue weighted by atomic mass is 16.1. The molecule has 1 aromatic rings. The first-order valence-electron chi connectivity index (χ1n) is 5.37. The summed E-state index contributed by atoms with van der Waals surface area (Å²) in [5.41, 5.74) is 7.04. The molecule has 3 heteroatoms. The molecule has 1 fully saturated rings. The number of rotatable bonds is 3. The summed E-state index contributed by atoms with van der Waals surface area (Å²) in [4.78, 5) is 13.6. The van der Waals surface area contributed by atoms with Crippen molar-refractivity contribution in [3.63, 3.8) is 0 Å². The highest BCUT2D eigenvalue weighted by Crippen LogP contribution is 2.15. The number of hydrogen-bond donors (Lipinski definition) is 1. The van der Waals surface area contributed by atoms with Gasteiger partial charge < -0.3 is 5.73 Å². The first kappa shape index (κ1) is 10.2. The maximum absolute atomic E-state index is 11.2. The fourth-order valence-corrected chi connectivity index (χ4v) is 2.08. The molecule has 0 atom stereocenters. The lowest BCUT2D eigenvalue weighted by atomic mass is 10.1. The Bertz CT molecular complexity index is 356. The van der Waals surface area contributed by atoms with Gasteiger partial charge in [0.25, 0.3) is 0 Å². The molecule has 3 nitrogen and oxygen atoms in total. The van der Waals surface area contributed by atoms with E-state index >= 15 is 0 Å². The van der Waals surface area contributed by atoms with Crippen LogP contribution < -0.4 is 5.73 Å². The minimum Gasteiger partial charge on any atom is -0.366 e. The van der Waals surface area contributed by atoms with Gasteiger partial charge in [-0.25, -0.2) is 0 Å². The van der Waals surface area contributed by atoms with E-state index in [2.05, 4.69) is 4.90 Å². The van der Waals surface area contributed by atoms with Gasteiger partial charge in [0.2, 0.25) is 5.91 Å². The van der Waals surface area contributed by atoms with Gasteiger partial charge in [-0.05, 0) is 37.6 Å². The normalized spacial score (nSPS) is 16.8. The SMILES string of the molecule is NC(=O)c1ccccc1CN1CCCC1. The molecule has 1 saturated heterocycles. The Morgan fingerprint density at radius 2 is 1.93 bits per heavy atom. The summed E-state index contributed by atoms with van der Waals surface area (Å²) in [5.74, 6) is -0.329. The molecule has 0 bridgehead atoms. The third-order valence-electron chi connectivity index (χ3n) is 2.88. The number of carbonyl (C=O) groups is 1. The zero-order valence-corrected chi connectivity index (χ0v) is 8.78. The van der Waals surface area contributed by atoms with E-state index in [1.165, 1.54) is 12.8 Å². The maximum Gasteiger partial charge on any atom is 0.249 e. The highest BCUT2D eigenvalue weighted by Gasteiger charge is 2.14. The van der Waals surface area contributed by atoms with E-state index in [0.29, 0.717) is 5.56 Å². The summed E-state index contributed by atoms with van der Waals surface area (Å²) in [5, 5.41) is 0. The third-order valence-corrected chi connectivity index (χ3v) is 2.88. The first-order chi connectivity index (χ1) is 7.27. The number of hydrogen-bond acceptors (Lipinski definition) is 2. The van der Waals surface area contributed by atoms with E-state index in [-0.39, 0.29) is 5.91 Å². The molecule has 1 amide bonds. The molecule has 1 aliphatic rings. The van der Waals surface area contributed by atoms with E-state index in [1.54, 1.807) is 6.07 Å². The molecule has 1 heterocycles. The highest BCUT2D eigenvalue weighted by molar-refractivity contribution is 5.94. The monoisotopic (exact) mass is 204 g/mol. The molecular weight excluding hydrogens is 188 g/mol. The van der Waals surface area contributed by atoms with Crippen LogP contribution in [-0.2, 0) is 6.54 Å². The predicted molar refractivity (Wildman–Crippen MR) is 59.5 cm³/mol. The van der Waals surface area contributed by atoms with Crippen LogP contribution in [0.3, 0.4) is 0 Å². The van der Waals surface area contributed by atoms with Gasteiger partial charge in [0, 0.05) is 12.1 Å². The van der Waals surface area contributed by atoms with Crippen LogP contribution in [0.4, 0.5) is 0 Å². The smallest absolute Gasteiger partial charge is 0.249 e. The predicted octanol–water partition coefficient (Wildman–Crippen LogP) is 1.38. The Kier molecular flexibility index (Phi) is 3.02. The summed E-state index contributed by atoms with van der Waals surface area (Å²) in [7, 11) is 0. The van der Waals surface area contributed by atoms with Crippen LogP contribution >= 0.6 is 0 Å². The molecule has 0 spiro atoms. The van der Waals surface area contributed by atoms with E-state index in [1.807, 2.05) is 18.2 Å². The number of nitrogens with two attached hydrogens (primary N) is 1. The molecule has 0 aliphatic carbocycles. The van der Waals surface area contributed by atoms with E-state index in [0.717, 1.165) is 25.2 Å². The largest absolute Gasteiger partial charge is 0.366 e. The first-order valence-corrected chi connectivity index (χ1v) is 5.37. The van der Waals surface area contributed by atoms with Crippen molar-refractivity contribution in [1.29, 1.82) is 0 Å². The number of primary amides is 1. The molecule has 0 radical (unpaired) electrons. The van der Waals surface area contributed by atoms with E-state index in [4.69, 9.17) is 5.73 Å². The Labute approximate surface area is 89.9 Å². The summed E-state index contributed by atoms with van der Waals surface area (Å²) in [6, 6.07) is 7.59. The summed E-state index contributed by atoms with van der Waals surface area (Å²) < 4.78 is 0. The molecule has 0 aromatic heterocycles. The molecule has 80 valence electrons. The summed E-state index contributed by atoms with van der Waals surface area (Å²) >= 11 is 0. The van der Waals surface area contributed by atoms with Crippen LogP contribution in [0.1, 0.15) is 28.8 Å². The average Bonchev–Trinajstić information content (AvgIpc) is 2.71. The van der Waals surface area contributed by atoms with Crippen LogP contribution in [0.25, 0.3) is 0 Å². The lowest BCUT2D eigenvalue weighted by Gasteiger charge is -2.16. The Balaban J connectivity index is 2.15. The summed E-state index contributed by atoms with van der Waals surface area (Å²) in [6.45, 7) is 3.11. The van der Waals surface area contributed by atoms with Crippen LogP contribution in [-0.4, -0.2) is 23.9 Å². The molecule has 1 aliphatic heterocycles. The van der Waals surface area contributed by atoms with Gasteiger partial charge in [-0.3, -0.25) is 9.69 Å². The van der Waals surface area contributed by atoms with Crippen molar-refractivity contribution in [2.24, 2.45) is 5.73 Å². The van der Waals surface area contributed by atoms with Gasteiger partial charge in [0.05, 0.1) is 0 Å². The van der Waals surface area contributed by atoms with Crippen LogP contribution in [0.15, 0.2) is 24.3 Å². The van der Waals surface area contributed by atoms with E-state index in [9.17, 15) is 4.79 Å². The van der Waals surface area contributed by atoms with Gasteiger partial charge in [-0.15, -0.1) is 0 Å². The second-order valence-electron chi connectivity index (χ2n) is 4.00. The minimum atomic E-state index is -0.329. The second-order valence-corrected chi connectivity index (χ2v) is 4.00. The van der Waals surface area contributed by atoms with Crippen molar-refractivity contribution in [3.8, 4) is 0 Å². The molecule has 2 N–H and O–H groups in total. The lowest BCUT2D eigenvalue weighted by molar-refractivity contribution is 0.0998. The Morgan fingerprint density at radius 1 is 1.27 bits per heavy atom. The Hall–Kier alpha value is -1.35. The van der Waals surface area contributed by atoms with Gasteiger partial charge >= 0.3 is 0 Å². The van der Waals surface area contributed by atoms with Crippen molar-refractivity contribution in [2.45, 2.75) is 19.4 Å². The standard InChI is InChI=1S/C12H16N2O/c13-12(15)11-6-2-1-5-10(11)9-14-7-3-4-8-14/h1-2,5-6H,3-4,7-9H2,(H2,13,15). The molecule has 2 rings (SSSR count). The van der Waals surface area contributed by atoms with Crippen molar-refractivity contribution >= 4 is 5.91 Å². The van der Waals surface area contributed by atoms with Gasteiger partial charge in [0.15, 0.2) is 0 Å². The van der Waals surface area contributed by atoms with Gasteiger partial charge in [-0.1, -0.05) is 18.2 Å². The van der Waals surface area contributed by atoms with Crippen molar-refractivity contribution in [3.05, 3.63) is 35.4 Å². The lowest BCUT2D eigenvalue weighted by Crippen LogP contribution is -2.21. The van der Waals surface area contributed by atoms with Crippen molar-refractivity contribution < 1.29 is 4.79 Å². The average molecular weight is 204 g/mol. The third kappa shape index (κ3) is 2.36. The topological polar surface area (TPSA) is 46.3 Å². The van der Waals surface area contributed by atoms with Gasteiger partial charge in [-0.2, -0.15) is 0 Å². The summed E-state index contributed by atoms with van der Waals surface area (Å²) in [6.07, 6.45) is 2.53. The van der Waals surface area contributed by atoms with E-state index < -0.39 is 0 Å². The van der Waals surface area contributed by atoms with Crippen LogP contribution in [0.2, 0.25) is 0 Å². The second kappa shape index (κ2) is 4.45. The molecule has 0 unspecified atom stereocenters. The molecule has 15 heavy (non-hydrogen) atoms. The number of carbonyl (C=O) groups excluding carboxylic acids is 1. The molecule has 1 aromatic carbocycles. The minimum absolute atomic E-state index is 0.329. The maximum atomic E-state index is 11.2. The number of nitrogens with zero attached hydrogens (tertiary/aromatic N) is 1.